The zero-order valence-electron chi connectivity index (χ0n) is 25.0. The molecule has 0 unspecified atom stereocenters. The number of carbonyl (C=O) groups is 3. The molecule has 1 aromatic heterocycles. The zero-order valence-corrected chi connectivity index (χ0v) is 25.8. The van der Waals surface area contributed by atoms with Crippen molar-refractivity contribution in [3.8, 4) is 0 Å². The maximum atomic E-state index is 14.4. The van der Waals surface area contributed by atoms with Crippen LogP contribution in [0, 0.1) is 5.41 Å². The van der Waals surface area contributed by atoms with Gasteiger partial charge in [-0.3, -0.25) is 19.8 Å². The highest BCUT2D eigenvalue weighted by atomic mass is 32.1. The Bertz CT molecular complexity index is 1360. The lowest BCUT2D eigenvalue weighted by Crippen LogP contribution is -2.54. The number of nitrogen functional groups attached to an aromatic ring is 1. The summed E-state index contributed by atoms with van der Waals surface area (Å²) >= 11 is 1.36. The number of amidine groups is 1. The van der Waals surface area contributed by atoms with Crippen molar-refractivity contribution < 1.29 is 19.1 Å². The van der Waals surface area contributed by atoms with Crippen molar-refractivity contribution in [2.24, 2.45) is 5.73 Å². The van der Waals surface area contributed by atoms with Crippen molar-refractivity contribution >= 4 is 35.0 Å². The Morgan fingerprint density at radius 3 is 2.21 bits per heavy atom. The molecule has 2 heterocycles. The van der Waals surface area contributed by atoms with E-state index < -0.39 is 17.7 Å². The summed E-state index contributed by atoms with van der Waals surface area (Å²) in [6.07, 6.45) is 1.38. The summed E-state index contributed by atoms with van der Waals surface area (Å²) in [6, 6.07) is 21.9. The van der Waals surface area contributed by atoms with Crippen LogP contribution < -0.4 is 16.4 Å². The molecule has 228 valence electrons. The molecule has 5 N–H and O–H groups in total. The molecular formula is C33H41N5O4S. The van der Waals surface area contributed by atoms with Gasteiger partial charge in [0.2, 0.25) is 11.8 Å². The van der Waals surface area contributed by atoms with Gasteiger partial charge in [0.25, 0.3) is 0 Å². The van der Waals surface area contributed by atoms with Gasteiger partial charge in [0.05, 0.1) is 23.9 Å². The number of ether oxygens (including phenoxy) is 1. The van der Waals surface area contributed by atoms with E-state index in [0.29, 0.717) is 30.8 Å². The Morgan fingerprint density at radius 1 is 1.02 bits per heavy atom. The van der Waals surface area contributed by atoms with Gasteiger partial charge in [-0.1, -0.05) is 60.7 Å². The number of hydrogen-bond donors (Lipinski definition) is 4. The lowest BCUT2D eigenvalue weighted by Gasteiger charge is -2.34. The minimum Gasteiger partial charge on any atom is -0.460 e. The van der Waals surface area contributed by atoms with Crippen LogP contribution in [0.25, 0.3) is 0 Å². The van der Waals surface area contributed by atoms with Crippen molar-refractivity contribution in [1.82, 2.24) is 15.5 Å². The lowest BCUT2D eigenvalue weighted by atomic mass is 9.84. The molecule has 2 amide bonds. The van der Waals surface area contributed by atoms with Crippen molar-refractivity contribution in [2.45, 2.75) is 70.2 Å². The first-order valence-electron chi connectivity index (χ1n) is 14.6. The molecule has 10 heteroatoms. The fourth-order valence-corrected chi connectivity index (χ4v) is 6.17. The molecule has 1 aliphatic rings. The lowest BCUT2D eigenvalue weighted by molar-refractivity contribution is -0.154. The number of carbonyl (C=O) groups excluding carboxylic acids is 3. The van der Waals surface area contributed by atoms with E-state index in [4.69, 9.17) is 15.9 Å². The molecule has 43 heavy (non-hydrogen) atoms. The molecule has 3 aromatic rings. The SMILES string of the molecule is CC(C)(C)OC(=O)CCN[C@@H](C(=O)N1CCC[C@H]1C(=O)NCc1ccc(C(=N)N)s1)C(c1ccccc1)c1ccccc1. The average Bonchev–Trinajstić information content (AvgIpc) is 3.66. The summed E-state index contributed by atoms with van der Waals surface area (Å²) in [4.78, 5) is 43.6. The average molecular weight is 604 g/mol. The zero-order chi connectivity index (χ0) is 31.0. The molecule has 9 nitrogen and oxygen atoms in total. The summed E-state index contributed by atoms with van der Waals surface area (Å²) < 4.78 is 5.49. The summed E-state index contributed by atoms with van der Waals surface area (Å²) in [6.45, 7) is 6.47. The molecule has 2 atom stereocenters. The molecule has 0 saturated carbocycles. The molecule has 0 bridgehead atoms. The van der Waals surface area contributed by atoms with Gasteiger partial charge < -0.3 is 26.0 Å². The number of thiophene rings is 1. The Hall–Kier alpha value is -4.02. The Kier molecular flexibility index (Phi) is 10.7. The van der Waals surface area contributed by atoms with Gasteiger partial charge >= 0.3 is 5.97 Å². The second-order valence-corrected chi connectivity index (χ2v) is 12.8. The Morgan fingerprint density at radius 2 is 1.65 bits per heavy atom. The van der Waals surface area contributed by atoms with Gasteiger partial charge in [0, 0.05) is 23.9 Å². The van der Waals surface area contributed by atoms with Crippen LogP contribution in [0.2, 0.25) is 0 Å². The number of amides is 2. The predicted molar refractivity (Wildman–Crippen MR) is 169 cm³/mol. The molecule has 0 spiro atoms. The van der Waals surface area contributed by atoms with Gasteiger partial charge in [-0.2, -0.15) is 0 Å². The van der Waals surface area contributed by atoms with E-state index in [9.17, 15) is 14.4 Å². The molecule has 0 aliphatic carbocycles. The van der Waals surface area contributed by atoms with E-state index >= 15 is 0 Å². The van der Waals surface area contributed by atoms with Crippen LogP contribution in [0.15, 0.2) is 72.8 Å². The maximum absolute atomic E-state index is 14.4. The first kappa shape index (κ1) is 31.9. The number of nitrogens with zero attached hydrogens (tertiary/aromatic N) is 1. The quantitative estimate of drug-likeness (QED) is 0.139. The molecule has 1 fully saturated rings. The summed E-state index contributed by atoms with van der Waals surface area (Å²) in [5.41, 5.74) is 6.89. The van der Waals surface area contributed by atoms with Crippen LogP contribution in [0.4, 0.5) is 0 Å². The summed E-state index contributed by atoms with van der Waals surface area (Å²) in [7, 11) is 0. The van der Waals surface area contributed by atoms with E-state index in [-0.39, 0.29) is 42.5 Å². The largest absolute Gasteiger partial charge is 0.460 e. The fourth-order valence-electron chi connectivity index (χ4n) is 5.36. The number of nitrogens with one attached hydrogen (secondary N) is 3. The van der Waals surface area contributed by atoms with E-state index in [2.05, 4.69) is 10.6 Å². The highest BCUT2D eigenvalue weighted by Gasteiger charge is 2.40. The van der Waals surface area contributed by atoms with Crippen LogP contribution in [-0.4, -0.2) is 59.3 Å². The topological polar surface area (TPSA) is 138 Å². The van der Waals surface area contributed by atoms with Crippen LogP contribution in [0.3, 0.4) is 0 Å². The van der Waals surface area contributed by atoms with E-state index in [1.807, 2.05) is 87.5 Å². The summed E-state index contributed by atoms with van der Waals surface area (Å²) in [5, 5.41) is 14.0. The number of nitrogens with two attached hydrogens (primary N) is 1. The monoisotopic (exact) mass is 603 g/mol. The Labute approximate surface area is 257 Å². The van der Waals surface area contributed by atoms with Crippen LogP contribution in [-0.2, 0) is 25.7 Å². The van der Waals surface area contributed by atoms with Gasteiger partial charge in [-0.15, -0.1) is 11.3 Å². The van der Waals surface area contributed by atoms with Gasteiger partial charge in [0.1, 0.15) is 17.5 Å². The molecule has 4 rings (SSSR count). The fraction of sp³-hybridized carbons (Fsp3) is 0.394. The first-order valence-corrected chi connectivity index (χ1v) is 15.4. The molecule has 0 radical (unpaired) electrons. The highest BCUT2D eigenvalue weighted by molar-refractivity contribution is 7.14. The number of esters is 1. The third kappa shape index (κ3) is 8.75. The maximum Gasteiger partial charge on any atom is 0.307 e. The second-order valence-electron chi connectivity index (χ2n) is 11.7. The van der Waals surface area contributed by atoms with Crippen molar-refractivity contribution in [2.75, 3.05) is 13.1 Å². The molecule has 1 saturated heterocycles. The molecule has 1 aliphatic heterocycles. The van der Waals surface area contributed by atoms with Crippen LogP contribution in [0.5, 0.6) is 0 Å². The third-order valence-corrected chi connectivity index (χ3v) is 8.35. The van der Waals surface area contributed by atoms with Crippen LogP contribution in [0.1, 0.15) is 66.8 Å². The van der Waals surface area contributed by atoms with Crippen molar-refractivity contribution in [1.29, 1.82) is 5.41 Å². The number of benzene rings is 2. The van der Waals surface area contributed by atoms with Crippen molar-refractivity contribution in [3.05, 3.63) is 93.7 Å². The molecular weight excluding hydrogens is 562 g/mol. The number of rotatable bonds is 12. The third-order valence-electron chi connectivity index (χ3n) is 7.23. The van der Waals surface area contributed by atoms with E-state index in [1.54, 1.807) is 11.0 Å². The first-order chi connectivity index (χ1) is 20.5. The minimum absolute atomic E-state index is 0.00765. The van der Waals surface area contributed by atoms with E-state index in [1.165, 1.54) is 11.3 Å². The standard InChI is InChI=1S/C33H41N5O4S/c1-33(2,3)42-27(39)18-19-36-29(28(22-11-6-4-7-12-22)23-13-8-5-9-14-23)32(41)38-20-10-15-25(38)31(40)37-21-24-16-17-26(43-24)30(34)35/h4-9,11-14,16-17,25,28-29,36H,10,15,18-21H2,1-3H3,(H3,34,35)(H,37,40)/t25-,29+/m0/s1. The second kappa shape index (κ2) is 14.4. The van der Waals surface area contributed by atoms with Gasteiger partial charge in [-0.25, -0.2) is 0 Å². The van der Waals surface area contributed by atoms with Gasteiger partial charge in [-0.05, 0) is 56.9 Å². The van der Waals surface area contributed by atoms with Crippen molar-refractivity contribution in [3.63, 3.8) is 0 Å². The Balaban J connectivity index is 1.57. The molecule has 2 aromatic carbocycles. The smallest absolute Gasteiger partial charge is 0.307 e. The van der Waals surface area contributed by atoms with Gasteiger partial charge in [0.15, 0.2) is 0 Å². The number of hydrogen-bond acceptors (Lipinski definition) is 7. The van der Waals surface area contributed by atoms with Crippen LogP contribution >= 0.6 is 11.3 Å². The number of likely N-dealkylation sites (tertiary alicyclic amines) is 1. The summed E-state index contributed by atoms with van der Waals surface area (Å²) in [5.74, 6) is -1.11. The van der Waals surface area contributed by atoms with E-state index in [0.717, 1.165) is 16.0 Å². The predicted octanol–water partition coefficient (Wildman–Crippen LogP) is 4.16. The minimum atomic E-state index is -0.726. The normalized spacial score (nSPS) is 15.7. The highest BCUT2D eigenvalue weighted by Crippen LogP contribution is 2.31.